The molecule has 1 aliphatic heterocycles. The highest BCUT2D eigenvalue weighted by molar-refractivity contribution is 7.98. The molecule has 10 nitrogen and oxygen atoms in total. The first-order chi connectivity index (χ1) is 16.2. The van der Waals surface area contributed by atoms with Crippen LogP contribution in [0.25, 0.3) is 0 Å². The van der Waals surface area contributed by atoms with Gasteiger partial charge in [0.25, 0.3) is 0 Å². The molecule has 2 fully saturated rings. The summed E-state index contributed by atoms with van der Waals surface area (Å²) in [7, 11) is 4.02. The maximum absolute atomic E-state index is 15.4. The Hall–Kier alpha value is -2.34. The van der Waals surface area contributed by atoms with Crippen molar-refractivity contribution in [3.8, 4) is 0 Å². The van der Waals surface area contributed by atoms with E-state index in [0.717, 1.165) is 25.7 Å². The summed E-state index contributed by atoms with van der Waals surface area (Å²) >= 11 is 1.29. The Labute approximate surface area is 204 Å². The number of amides is 2. The SMILES string of the molecule is CSc1nc(NNC(=O)[C@@H](CNC(=O)O)CC2CCCC2)c(F)c(N2C[C@@H](C)[C@H](N(C)C)C2)n1. The van der Waals surface area contributed by atoms with Crippen LogP contribution in [0.4, 0.5) is 20.8 Å². The van der Waals surface area contributed by atoms with Crippen molar-refractivity contribution in [2.75, 3.05) is 50.3 Å². The number of thioether (sulfide) groups is 1. The summed E-state index contributed by atoms with van der Waals surface area (Å²) < 4.78 is 15.4. The zero-order valence-electron chi connectivity index (χ0n) is 20.3. The van der Waals surface area contributed by atoms with Crippen molar-refractivity contribution < 1.29 is 19.1 Å². The highest BCUT2D eigenvalue weighted by Crippen LogP contribution is 2.32. The van der Waals surface area contributed by atoms with Crippen LogP contribution in [-0.2, 0) is 4.79 Å². The quantitative estimate of drug-likeness (QED) is 0.219. The molecular weight excluding hydrogens is 461 g/mol. The van der Waals surface area contributed by atoms with Crippen LogP contribution < -0.4 is 21.1 Å². The van der Waals surface area contributed by atoms with Crippen molar-refractivity contribution in [2.24, 2.45) is 17.8 Å². The van der Waals surface area contributed by atoms with E-state index >= 15 is 4.39 Å². The van der Waals surface area contributed by atoms with E-state index in [0.29, 0.717) is 36.5 Å². The predicted molar refractivity (Wildman–Crippen MR) is 130 cm³/mol. The van der Waals surface area contributed by atoms with Gasteiger partial charge in [-0.15, -0.1) is 0 Å². The number of halogens is 1. The van der Waals surface area contributed by atoms with Crippen LogP contribution in [0, 0.1) is 23.6 Å². The average Bonchev–Trinajstić information content (AvgIpc) is 3.45. The maximum Gasteiger partial charge on any atom is 0.404 e. The summed E-state index contributed by atoms with van der Waals surface area (Å²) in [6.07, 6.45) is 5.53. The van der Waals surface area contributed by atoms with Crippen molar-refractivity contribution in [3.63, 3.8) is 0 Å². The van der Waals surface area contributed by atoms with Gasteiger partial charge in [-0.25, -0.2) is 14.8 Å². The van der Waals surface area contributed by atoms with Crippen LogP contribution in [0.5, 0.6) is 0 Å². The smallest absolute Gasteiger partial charge is 0.404 e. The number of hydrogen-bond acceptors (Lipinski definition) is 8. The number of carbonyl (C=O) groups is 2. The third-order valence-electron chi connectivity index (χ3n) is 6.80. The molecule has 0 radical (unpaired) electrons. The van der Waals surface area contributed by atoms with Gasteiger partial charge in [0, 0.05) is 25.7 Å². The molecule has 34 heavy (non-hydrogen) atoms. The van der Waals surface area contributed by atoms with Gasteiger partial charge in [0.05, 0.1) is 5.92 Å². The van der Waals surface area contributed by atoms with Crippen LogP contribution in [0.2, 0.25) is 0 Å². The minimum atomic E-state index is -1.18. The van der Waals surface area contributed by atoms with Crippen LogP contribution in [0.15, 0.2) is 5.16 Å². The van der Waals surface area contributed by atoms with E-state index in [1.807, 2.05) is 25.3 Å². The van der Waals surface area contributed by atoms with Gasteiger partial charge in [-0.1, -0.05) is 44.4 Å². The molecule has 1 aromatic heterocycles. The lowest BCUT2D eigenvalue weighted by atomic mass is 9.92. The molecule has 0 unspecified atom stereocenters. The second-order valence-corrected chi connectivity index (χ2v) is 10.3. The number of hydrazine groups is 1. The molecule has 190 valence electrons. The van der Waals surface area contributed by atoms with E-state index in [-0.39, 0.29) is 24.2 Å². The van der Waals surface area contributed by atoms with Crippen LogP contribution in [-0.4, -0.2) is 78.0 Å². The van der Waals surface area contributed by atoms with E-state index in [2.05, 4.69) is 38.0 Å². The third-order valence-corrected chi connectivity index (χ3v) is 7.35. The molecule has 4 N–H and O–H groups in total. The number of hydrogen-bond donors (Lipinski definition) is 4. The number of aromatic nitrogens is 2. The second-order valence-electron chi connectivity index (χ2n) is 9.49. The summed E-state index contributed by atoms with van der Waals surface area (Å²) in [5.41, 5.74) is 5.19. The molecule has 1 saturated carbocycles. The molecule has 0 aromatic carbocycles. The van der Waals surface area contributed by atoms with Crippen molar-refractivity contribution in [3.05, 3.63) is 5.82 Å². The summed E-state index contributed by atoms with van der Waals surface area (Å²) in [5.74, 6) is -0.739. The summed E-state index contributed by atoms with van der Waals surface area (Å²) in [6.45, 7) is 3.45. The predicted octanol–water partition coefficient (Wildman–Crippen LogP) is 2.63. The van der Waals surface area contributed by atoms with Gasteiger partial charge in [-0.05, 0) is 38.6 Å². The van der Waals surface area contributed by atoms with E-state index in [1.165, 1.54) is 11.8 Å². The largest absolute Gasteiger partial charge is 0.465 e. The Morgan fingerprint density at radius 3 is 2.56 bits per heavy atom. The fourth-order valence-electron chi connectivity index (χ4n) is 4.96. The topological polar surface area (TPSA) is 123 Å². The normalized spacial score (nSPS) is 21.6. The Balaban J connectivity index is 1.72. The van der Waals surface area contributed by atoms with E-state index in [9.17, 15) is 9.59 Å². The number of nitrogens with one attached hydrogen (secondary N) is 3. The highest BCUT2D eigenvalue weighted by Gasteiger charge is 2.34. The van der Waals surface area contributed by atoms with Gasteiger partial charge >= 0.3 is 6.09 Å². The minimum absolute atomic E-state index is 0.00447. The molecule has 3 rings (SSSR count). The Kier molecular flexibility index (Phi) is 9.17. The summed E-state index contributed by atoms with van der Waals surface area (Å²) in [6, 6.07) is 0.279. The lowest BCUT2D eigenvalue weighted by Crippen LogP contribution is -2.42. The van der Waals surface area contributed by atoms with E-state index in [1.54, 1.807) is 0 Å². The van der Waals surface area contributed by atoms with Crippen LogP contribution in [0.1, 0.15) is 39.0 Å². The van der Waals surface area contributed by atoms with Crippen molar-refractivity contribution in [1.82, 2.24) is 25.6 Å². The van der Waals surface area contributed by atoms with Crippen molar-refractivity contribution in [1.29, 1.82) is 0 Å². The Morgan fingerprint density at radius 1 is 1.26 bits per heavy atom. The maximum atomic E-state index is 15.4. The zero-order valence-corrected chi connectivity index (χ0v) is 21.1. The highest BCUT2D eigenvalue weighted by atomic mass is 32.2. The van der Waals surface area contributed by atoms with Gasteiger partial charge in [0.2, 0.25) is 11.7 Å². The molecule has 3 atom stereocenters. The van der Waals surface area contributed by atoms with E-state index in [4.69, 9.17) is 5.11 Å². The fraction of sp³-hybridized carbons (Fsp3) is 0.727. The summed E-state index contributed by atoms with van der Waals surface area (Å²) in [5, 5.41) is 11.7. The standard InChI is InChI=1S/C22H36FN7O3S/c1-13-11-30(12-16(13)29(2)3)19-17(23)18(25-21(26-19)34-4)27-28-20(31)15(10-24-22(32)33)9-14-7-5-6-8-14/h13-16,24H,5-12H2,1-4H3,(H,28,31)(H,32,33)(H,25,26,27)/t13-,15-,16-/m1/s1. The Morgan fingerprint density at radius 2 is 1.97 bits per heavy atom. The summed E-state index contributed by atoms with van der Waals surface area (Å²) in [4.78, 5) is 36.5. The zero-order chi connectivity index (χ0) is 24.8. The first-order valence-corrected chi connectivity index (χ1v) is 13.0. The molecule has 1 aromatic rings. The van der Waals surface area contributed by atoms with E-state index < -0.39 is 23.7 Å². The van der Waals surface area contributed by atoms with Gasteiger partial charge in [-0.3, -0.25) is 15.6 Å². The number of nitrogens with zero attached hydrogens (tertiary/aromatic N) is 4. The molecular formula is C22H36FN7O3S. The first kappa shape index (κ1) is 26.3. The molecule has 0 bridgehead atoms. The molecule has 0 spiro atoms. The molecule has 12 heteroatoms. The lowest BCUT2D eigenvalue weighted by molar-refractivity contribution is -0.124. The first-order valence-electron chi connectivity index (χ1n) is 11.7. The van der Waals surface area contributed by atoms with Gasteiger partial charge < -0.3 is 20.2 Å². The second kappa shape index (κ2) is 11.9. The number of anilines is 2. The minimum Gasteiger partial charge on any atom is -0.465 e. The van der Waals surface area contributed by atoms with Gasteiger partial charge in [0.1, 0.15) is 0 Å². The lowest BCUT2D eigenvalue weighted by Gasteiger charge is -2.23. The van der Waals surface area contributed by atoms with Crippen LogP contribution in [0.3, 0.4) is 0 Å². The fourth-order valence-corrected chi connectivity index (χ4v) is 5.32. The number of carbonyl (C=O) groups excluding carboxylic acids is 1. The third kappa shape index (κ3) is 6.62. The van der Waals surface area contributed by atoms with Gasteiger partial charge in [0.15, 0.2) is 16.8 Å². The molecule has 2 heterocycles. The molecule has 2 amide bonds. The van der Waals surface area contributed by atoms with Crippen molar-refractivity contribution >= 4 is 35.4 Å². The monoisotopic (exact) mass is 497 g/mol. The van der Waals surface area contributed by atoms with Crippen LogP contribution >= 0.6 is 11.8 Å². The molecule has 1 aliphatic carbocycles. The van der Waals surface area contributed by atoms with Gasteiger partial charge in [-0.2, -0.15) is 4.39 Å². The Bertz CT molecular complexity index is 869. The molecule has 2 aliphatic rings. The number of likely N-dealkylation sites (N-methyl/N-ethyl adjacent to an activating group) is 1. The number of rotatable bonds is 10. The molecule has 1 saturated heterocycles. The average molecular weight is 498 g/mol. The van der Waals surface area contributed by atoms with Crippen molar-refractivity contribution in [2.45, 2.75) is 50.2 Å². The number of carboxylic acid groups (broad SMARTS) is 1.